The molecular weight excluding hydrogens is 214 g/mol. The summed E-state index contributed by atoms with van der Waals surface area (Å²) in [5, 5.41) is 0. The monoisotopic (exact) mass is 239 g/mol. The Balaban J connectivity index is 5.26. The van der Waals surface area contributed by atoms with Crippen molar-refractivity contribution >= 4 is 6.09 Å². The average Bonchev–Trinajstić information content (AvgIpc) is 1.96. The third-order valence-electron chi connectivity index (χ3n) is 2.16. The van der Waals surface area contributed by atoms with Gasteiger partial charge >= 0.3 is 6.09 Å². The zero-order chi connectivity index (χ0) is 14.1. The maximum absolute atomic E-state index is 12.2. The molecule has 0 radical (unpaired) electrons. The molecule has 0 unspecified atom stereocenters. The van der Waals surface area contributed by atoms with Crippen molar-refractivity contribution in [2.24, 2.45) is 0 Å². The highest BCUT2D eigenvalue weighted by Gasteiger charge is 2.40. The Morgan fingerprint density at radius 2 is 1.47 bits per heavy atom. The highest BCUT2D eigenvalue weighted by molar-refractivity contribution is 5.71. The number of carbonyl (C=O) groups is 1. The van der Waals surface area contributed by atoms with Crippen molar-refractivity contribution in [3.8, 4) is 12.3 Å². The number of rotatable bonds is 1. The van der Waals surface area contributed by atoms with Gasteiger partial charge in [-0.25, -0.2) is 4.79 Å². The van der Waals surface area contributed by atoms with Crippen LogP contribution in [0.1, 0.15) is 55.4 Å². The first-order valence-electron chi connectivity index (χ1n) is 5.82. The average molecular weight is 239 g/mol. The van der Waals surface area contributed by atoms with Gasteiger partial charge in [-0.2, -0.15) is 0 Å². The zero-order valence-electron chi connectivity index (χ0n) is 12.3. The first-order valence-corrected chi connectivity index (χ1v) is 5.82. The van der Waals surface area contributed by atoms with Crippen LogP contribution in [-0.4, -0.2) is 27.7 Å². The largest absolute Gasteiger partial charge is 0.444 e. The smallest absolute Gasteiger partial charge is 0.411 e. The van der Waals surface area contributed by atoms with Crippen LogP contribution in [0.4, 0.5) is 4.79 Å². The molecule has 0 spiro atoms. The molecule has 0 rings (SSSR count). The fourth-order valence-electron chi connectivity index (χ4n) is 1.71. The van der Waals surface area contributed by atoms with Gasteiger partial charge in [0.25, 0.3) is 0 Å². The summed E-state index contributed by atoms with van der Waals surface area (Å²) in [5.74, 6) is 2.64. The van der Waals surface area contributed by atoms with E-state index < -0.39 is 16.7 Å². The summed E-state index contributed by atoms with van der Waals surface area (Å²) in [5.41, 5.74) is -1.59. The van der Waals surface area contributed by atoms with Gasteiger partial charge in [0.2, 0.25) is 0 Å². The SMILES string of the molecule is C#CC(C)(C)N(C(=O)OC(C)(C)C)C(C)(C)C. The Morgan fingerprint density at radius 3 is 1.71 bits per heavy atom. The van der Waals surface area contributed by atoms with E-state index in [1.807, 2.05) is 55.4 Å². The number of nitrogens with zero attached hydrogens (tertiary/aromatic N) is 1. The van der Waals surface area contributed by atoms with Gasteiger partial charge in [-0.1, -0.05) is 5.92 Å². The molecule has 0 atom stereocenters. The van der Waals surface area contributed by atoms with Gasteiger partial charge in [0.15, 0.2) is 0 Å². The van der Waals surface area contributed by atoms with Crippen LogP contribution < -0.4 is 0 Å². The van der Waals surface area contributed by atoms with Crippen molar-refractivity contribution in [1.29, 1.82) is 0 Å². The number of amides is 1. The Hall–Kier alpha value is -1.17. The highest BCUT2D eigenvalue weighted by Crippen LogP contribution is 2.27. The minimum atomic E-state index is -0.680. The molecule has 0 fully saturated rings. The Labute approximate surface area is 106 Å². The minimum Gasteiger partial charge on any atom is -0.444 e. The van der Waals surface area contributed by atoms with E-state index in [0.717, 1.165) is 0 Å². The van der Waals surface area contributed by atoms with Gasteiger partial charge in [0, 0.05) is 5.54 Å². The lowest BCUT2D eigenvalue weighted by Crippen LogP contribution is -2.57. The lowest BCUT2D eigenvalue weighted by atomic mass is 9.96. The summed E-state index contributed by atoms with van der Waals surface area (Å²) in [4.78, 5) is 13.8. The molecule has 0 aliphatic heterocycles. The number of carbonyl (C=O) groups excluding carboxylic acids is 1. The van der Waals surface area contributed by atoms with Gasteiger partial charge in [0.1, 0.15) is 11.1 Å². The van der Waals surface area contributed by atoms with Crippen molar-refractivity contribution in [3.05, 3.63) is 0 Å². The van der Waals surface area contributed by atoms with Crippen molar-refractivity contribution in [1.82, 2.24) is 4.90 Å². The van der Waals surface area contributed by atoms with Crippen molar-refractivity contribution in [2.45, 2.75) is 72.1 Å². The highest BCUT2D eigenvalue weighted by atomic mass is 16.6. The van der Waals surface area contributed by atoms with Crippen molar-refractivity contribution in [2.75, 3.05) is 0 Å². The third-order valence-corrected chi connectivity index (χ3v) is 2.16. The molecule has 1 amide bonds. The molecule has 0 saturated heterocycles. The van der Waals surface area contributed by atoms with Crippen LogP contribution in [0.15, 0.2) is 0 Å². The number of terminal acetylenes is 1. The van der Waals surface area contributed by atoms with Crippen LogP contribution in [0.3, 0.4) is 0 Å². The molecule has 0 aromatic carbocycles. The molecule has 0 aromatic rings. The second-order valence-electron chi connectivity index (χ2n) is 6.69. The molecule has 0 aromatic heterocycles. The molecule has 0 aliphatic carbocycles. The second-order valence-corrected chi connectivity index (χ2v) is 6.69. The van der Waals surface area contributed by atoms with Gasteiger partial charge in [-0.05, 0) is 55.4 Å². The predicted molar refractivity (Wildman–Crippen MR) is 70.7 cm³/mol. The third kappa shape index (κ3) is 4.68. The van der Waals surface area contributed by atoms with Crippen LogP contribution in [-0.2, 0) is 4.74 Å². The summed E-state index contributed by atoms with van der Waals surface area (Å²) in [6.07, 6.45) is 5.12. The number of ether oxygens (including phenoxy) is 1. The van der Waals surface area contributed by atoms with Crippen molar-refractivity contribution < 1.29 is 9.53 Å². The standard InChI is InChI=1S/C14H25NO2/c1-10-14(8,9)15(12(2,3)4)11(16)17-13(5,6)7/h1H,2-9H3. The fourth-order valence-corrected chi connectivity index (χ4v) is 1.71. The van der Waals surface area contributed by atoms with E-state index in [-0.39, 0.29) is 6.09 Å². The molecule has 0 N–H and O–H groups in total. The number of hydrogen-bond donors (Lipinski definition) is 0. The molecule has 0 bridgehead atoms. The summed E-state index contributed by atoms with van der Waals surface area (Å²) in [7, 11) is 0. The topological polar surface area (TPSA) is 29.5 Å². The van der Waals surface area contributed by atoms with Crippen LogP contribution in [0.25, 0.3) is 0 Å². The summed E-state index contributed by atoms with van der Waals surface area (Å²) in [6, 6.07) is 0. The van der Waals surface area contributed by atoms with E-state index in [1.165, 1.54) is 0 Å². The molecular formula is C14H25NO2. The Kier molecular flexibility index (Phi) is 4.28. The molecule has 17 heavy (non-hydrogen) atoms. The second kappa shape index (κ2) is 4.60. The quantitative estimate of drug-likeness (QED) is 0.656. The van der Waals surface area contributed by atoms with Crippen LogP contribution in [0, 0.1) is 12.3 Å². The lowest BCUT2D eigenvalue weighted by molar-refractivity contribution is -0.0138. The van der Waals surface area contributed by atoms with Gasteiger partial charge in [-0.15, -0.1) is 6.42 Å². The number of hydrogen-bond acceptors (Lipinski definition) is 2. The Morgan fingerprint density at radius 1 is 1.06 bits per heavy atom. The Bertz CT molecular complexity index is 324. The predicted octanol–water partition coefficient (Wildman–Crippen LogP) is 3.43. The zero-order valence-corrected chi connectivity index (χ0v) is 12.3. The van der Waals surface area contributed by atoms with E-state index >= 15 is 0 Å². The van der Waals surface area contributed by atoms with Crippen LogP contribution in [0.2, 0.25) is 0 Å². The van der Waals surface area contributed by atoms with E-state index in [1.54, 1.807) is 4.90 Å². The first-order chi connectivity index (χ1) is 7.31. The molecule has 3 heteroatoms. The molecule has 0 aliphatic rings. The van der Waals surface area contributed by atoms with E-state index in [0.29, 0.717) is 0 Å². The van der Waals surface area contributed by atoms with E-state index in [4.69, 9.17) is 11.2 Å². The van der Waals surface area contributed by atoms with Gasteiger partial charge in [0.05, 0.1) is 0 Å². The van der Waals surface area contributed by atoms with E-state index in [2.05, 4.69) is 5.92 Å². The maximum Gasteiger partial charge on any atom is 0.411 e. The summed E-state index contributed by atoms with van der Waals surface area (Å²) < 4.78 is 5.41. The first kappa shape index (κ1) is 15.8. The van der Waals surface area contributed by atoms with E-state index in [9.17, 15) is 4.79 Å². The molecule has 0 heterocycles. The summed E-state index contributed by atoms with van der Waals surface area (Å²) >= 11 is 0. The molecule has 3 nitrogen and oxygen atoms in total. The van der Waals surface area contributed by atoms with Crippen LogP contribution >= 0.6 is 0 Å². The van der Waals surface area contributed by atoms with Crippen LogP contribution in [0.5, 0.6) is 0 Å². The molecule has 0 saturated carbocycles. The van der Waals surface area contributed by atoms with Crippen molar-refractivity contribution in [3.63, 3.8) is 0 Å². The fraction of sp³-hybridized carbons (Fsp3) is 0.786. The minimum absolute atomic E-state index is 0.382. The summed E-state index contributed by atoms with van der Waals surface area (Å²) in [6.45, 7) is 15.0. The van der Waals surface area contributed by atoms with Gasteiger partial charge in [-0.3, -0.25) is 4.90 Å². The normalized spacial score (nSPS) is 12.9. The van der Waals surface area contributed by atoms with Gasteiger partial charge < -0.3 is 4.74 Å². The molecule has 98 valence electrons. The lowest BCUT2D eigenvalue weighted by Gasteiger charge is -2.44. The maximum atomic E-state index is 12.2.